The maximum Gasteiger partial charge on any atom is 0.416 e. The van der Waals surface area contributed by atoms with Crippen molar-refractivity contribution in [3.8, 4) is 5.75 Å². The summed E-state index contributed by atoms with van der Waals surface area (Å²) in [6.07, 6.45) is -3.48. The average Bonchev–Trinajstić information content (AvgIpc) is 3.43. The van der Waals surface area contributed by atoms with Crippen LogP contribution < -0.4 is 10.1 Å². The second-order valence-electron chi connectivity index (χ2n) is 10.3. The van der Waals surface area contributed by atoms with Crippen molar-refractivity contribution < 1.29 is 32.6 Å². The number of amides is 2. The van der Waals surface area contributed by atoms with Crippen LogP contribution in [0.15, 0.2) is 48.8 Å². The summed E-state index contributed by atoms with van der Waals surface area (Å²) in [6.45, 7) is 4.44. The first-order chi connectivity index (χ1) is 19.4. The van der Waals surface area contributed by atoms with E-state index in [1.807, 2.05) is 18.9 Å². The molecule has 0 aliphatic carbocycles. The number of carbonyl (C=O) groups excluding carboxylic acids is 2. The Kier molecular flexibility index (Phi) is 9.23. The number of hydrogen-bond donors (Lipinski definition) is 2. The highest BCUT2D eigenvalue weighted by molar-refractivity contribution is 5.99. The number of fused-ring (bicyclic) bond motifs is 1. The van der Waals surface area contributed by atoms with E-state index < -0.39 is 29.8 Å². The summed E-state index contributed by atoms with van der Waals surface area (Å²) in [7, 11) is 1.84. The summed E-state index contributed by atoms with van der Waals surface area (Å²) in [5.41, 5.74) is 0.617. The zero-order valence-corrected chi connectivity index (χ0v) is 22.9. The lowest BCUT2D eigenvalue weighted by Crippen LogP contribution is -2.49. The Morgan fingerprint density at radius 3 is 2.61 bits per heavy atom. The van der Waals surface area contributed by atoms with Crippen LogP contribution in [0.25, 0.3) is 0 Å². The molecule has 2 heterocycles. The fourth-order valence-corrected chi connectivity index (χ4v) is 4.60. The molecule has 0 bridgehead atoms. The van der Waals surface area contributed by atoms with Crippen molar-refractivity contribution in [2.24, 2.45) is 5.92 Å². The minimum absolute atomic E-state index is 0.118. The molecule has 2 N–H and O–H groups in total. The van der Waals surface area contributed by atoms with Gasteiger partial charge in [-0.2, -0.15) is 13.2 Å². The molecule has 4 rings (SSSR count). The molecule has 1 aromatic heterocycles. The number of halogens is 3. The van der Waals surface area contributed by atoms with Crippen LogP contribution in [0.5, 0.6) is 5.75 Å². The first-order valence-corrected chi connectivity index (χ1v) is 13.0. The fourth-order valence-electron chi connectivity index (χ4n) is 4.60. The van der Waals surface area contributed by atoms with Gasteiger partial charge in [-0.15, -0.1) is 5.10 Å². The van der Waals surface area contributed by atoms with Gasteiger partial charge >= 0.3 is 6.18 Å². The number of ether oxygens (including phenoxy) is 1. The normalized spacial score (nSPS) is 18.3. The van der Waals surface area contributed by atoms with Gasteiger partial charge in [0.2, 0.25) is 5.91 Å². The third-order valence-electron chi connectivity index (χ3n) is 6.87. The van der Waals surface area contributed by atoms with Crippen LogP contribution in [0.4, 0.5) is 18.9 Å². The van der Waals surface area contributed by atoms with Crippen molar-refractivity contribution in [2.45, 2.75) is 45.3 Å². The van der Waals surface area contributed by atoms with Gasteiger partial charge in [0.15, 0.2) is 0 Å². The van der Waals surface area contributed by atoms with Gasteiger partial charge in [0.05, 0.1) is 23.8 Å². The number of nitrogens with one attached hydrogen (secondary N) is 1. The number of aromatic nitrogens is 4. The quantitative estimate of drug-likeness (QED) is 0.399. The predicted octanol–water partition coefficient (Wildman–Crippen LogP) is 2.68. The summed E-state index contributed by atoms with van der Waals surface area (Å²) in [6, 6.07) is 9.33. The van der Waals surface area contributed by atoms with Crippen molar-refractivity contribution in [3.63, 3.8) is 0 Å². The van der Waals surface area contributed by atoms with Crippen LogP contribution >= 0.6 is 0 Å². The second-order valence-corrected chi connectivity index (χ2v) is 10.3. The number of carbonyl (C=O) groups is 2. The molecule has 14 heteroatoms. The standard InChI is InChI=1S/C27H32F3N7O4/c1-17-11-37(18(2)15-38)26(40)22-10-21(32-25(39)14-36-16-31-33-34-36)8-9-23(22)41-24(17)13-35(3)12-19-4-6-20(7-5-19)27(28,29)30/h4-10,16-18,24,38H,11-15H2,1-3H3,(H,32,39)/t17-,18+,24-/m1/s1. The summed E-state index contributed by atoms with van der Waals surface area (Å²) in [4.78, 5) is 29.6. The third kappa shape index (κ3) is 7.58. The molecular weight excluding hydrogens is 543 g/mol. The fraction of sp³-hybridized carbons (Fsp3) is 0.444. The minimum Gasteiger partial charge on any atom is -0.488 e. The van der Waals surface area contributed by atoms with Crippen molar-refractivity contribution in [3.05, 3.63) is 65.5 Å². The van der Waals surface area contributed by atoms with Gasteiger partial charge in [-0.05, 0) is 60.3 Å². The van der Waals surface area contributed by atoms with Crippen LogP contribution in [-0.4, -0.2) is 85.8 Å². The molecule has 1 aliphatic rings. The molecule has 3 aromatic rings. The zero-order chi connectivity index (χ0) is 29.7. The third-order valence-corrected chi connectivity index (χ3v) is 6.87. The van der Waals surface area contributed by atoms with Crippen LogP contribution in [-0.2, 0) is 24.1 Å². The topological polar surface area (TPSA) is 126 Å². The van der Waals surface area contributed by atoms with Crippen LogP contribution in [0.3, 0.4) is 0 Å². The van der Waals surface area contributed by atoms with E-state index in [0.717, 1.165) is 12.1 Å². The molecule has 0 saturated heterocycles. The molecule has 2 amide bonds. The molecule has 1 aliphatic heterocycles. The van der Waals surface area contributed by atoms with E-state index in [-0.39, 0.29) is 30.5 Å². The molecule has 0 fully saturated rings. The number of aliphatic hydroxyl groups is 1. The Morgan fingerprint density at radius 1 is 1.24 bits per heavy atom. The van der Waals surface area contributed by atoms with Crippen molar-refractivity contribution in [2.75, 3.05) is 32.1 Å². The largest absolute Gasteiger partial charge is 0.488 e. The van der Waals surface area contributed by atoms with E-state index in [2.05, 4.69) is 20.8 Å². The summed E-state index contributed by atoms with van der Waals surface area (Å²) in [5, 5.41) is 23.2. The molecule has 0 radical (unpaired) electrons. The molecule has 0 saturated carbocycles. The van der Waals surface area contributed by atoms with Gasteiger partial charge < -0.3 is 20.1 Å². The number of nitrogens with zero attached hydrogens (tertiary/aromatic N) is 6. The molecular formula is C27H32F3N7O4. The minimum atomic E-state index is -4.40. The molecule has 0 spiro atoms. The number of likely N-dealkylation sites (N-methyl/N-ethyl adjacent to an activating group) is 1. The van der Waals surface area contributed by atoms with Gasteiger partial charge in [0.25, 0.3) is 5.91 Å². The number of hydrogen-bond acceptors (Lipinski definition) is 8. The van der Waals surface area contributed by atoms with E-state index in [1.165, 1.54) is 29.2 Å². The van der Waals surface area contributed by atoms with Crippen molar-refractivity contribution in [1.82, 2.24) is 30.0 Å². The van der Waals surface area contributed by atoms with E-state index in [9.17, 15) is 27.9 Å². The first kappa shape index (κ1) is 29.9. The Hall–Kier alpha value is -4.04. The number of alkyl halides is 3. The van der Waals surface area contributed by atoms with E-state index >= 15 is 0 Å². The maximum atomic E-state index is 13.6. The lowest BCUT2D eigenvalue weighted by molar-refractivity contribution is -0.137. The highest BCUT2D eigenvalue weighted by Crippen LogP contribution is 2.31. The molecule has 220 valence electrons. The Labute approximate surface area is 234 Å². The number of rotatable bonds is 9. The number of benzene rings is 2. The molecule has 2 aromatic carbocycles. The maximum absolute atomic E-state index is 13.6. The number of aliphatic hydroxyl groups excluding tert-OH is 1. The van der Waals surface area contributed by atoms with Gasteiger partial charge in [0, 0.05) is 31.2 Å². The Balaban J connectivity index is 1.53. The SMILES string of the molecule is C[C@@H]1CN([C@@H](C)CO)C(=O)c2cc(NC(=O)Cn3cnnn3)ccc2O[C@@H]1CN(C)Cc1ccc(C(F)(F)F)cc1. The summed E-state index contributed by atoms with van der Waals surface area (Å²) >= 11 is 0. The second kappa shape index (κ2) is 12.6. The number of anilines is 1. The van der Waals surface area contributed by atoms with Crippen molar-refractivity contribution in [1.29, 1.82) is 0 Å². The van der Waals surface area contributed by atoms with Crippen LogP contribution in [0.1, 0.15) is 35.3 Å². The Morgan fingerprint density at radius 2 is 1.98 bits per heavy atom. The zero-order valence-electron chi connectivity index (χ0n) is 22.9. The molecule has 0 unspecified atom stereocenters. The van der Waals surface area contributed by atoms with Crippen molar-refractivity contribution >= 4 is 17.5 Å². The summed E-state index contributed by atoms with van der Waals surface area (Å²) < 4.78 is 46.4. The number of tetrazole rings is 1. The van der Waals surface area contributed by atoms with Crippen LogP contribution in [0.2, 0.25) is 0 Å². The highest BCUT2D eigenvalue weighted by atomic mass is 19.4. The Bertz CT molecular complexity index is 1340. The van der Waals surface area contributed by atoms with Gasteiger partial charge in [-0.1, -0.05) is 19.1 Å². The lowest BCUT2D eigenvalue weighted by atomic mass is 9.99. The lowest BCUT2D eigenvalue weighted by Gasteiger charge is -2.38. The average molecular weight is 576 g/mol. The van der Waals surface area contributed by atoms with Crippen LogP contribution in [0, 0.1) is 5.92 Å². The van der Waals surface area contributed by atoms with E-state index in [1.54, 1.807) is 24.0 Å². The molecule has 3 atom stereocenters. The van der Waals surface area contributed by atoms with Gasteiger partial charge in [-0.3, -0.25) is 14.5 Å². The predicted molar refractivity (Wildman–Crippen MR) is 142 cm³/mol. The van der Waals surface area contributed by atoms with Gasteiger partial charge in [-0.25, -0.2) is 4.68 Å². The molecule has 41 heavy (non-hydrogen) atoms. The molecule has 11 nitrogen and oxygen atoms in total. The van der Waals surface area contributed by atoms with E-state index in [0.29, 0.717) is 36.6 Å². The first-order valence-electron chi connectivity index (χ1n) is 13.0. The summed E-state index contributed by atoms with van der Waals surface area (Å²) in [5.74, 6) is -0.565. The van der Waals surface area contributed by atoms with Gasteiger partial charge in [0.1, 0.15) is 24.7 Å². The smallest absolute Gasteiger partial charge is 0.416 e. The monoisotopic (exact) mass is 575 g/mol. The highest BCUT2D eigenvalue weighted by Gasteiger charge is 2.34. The van der Waals surface area contributed by atoms with E-state index in [4.69, 9.17) is 4.74 Å².